The number of ether oxygens (including phenoxy) is 1. The van der Waals surface area contributed by atoms with E-state index in [2.05, 4.69) is 10.2 Å². The van der Waals surface area contributed by atoms with Crippen molar-refractivity contribution >= 4 is 17.5 Å². The van der Waals surface area contributed by atoms with Gasteiger partial charge in [0, 0.05) is 49.8 Å². The van der Waals surface area contributed by atoms with Gasteiger partial charge in [0.1, 0.15) is 0 Å². The second-order valence-electron chi connectivity index (χ2n) is 7.00. The summed E-state index contributed by atoms with van der Waals surface area (Å²) in [7, 11) is 0. The van der Waals surface area contributed by atoms with Crippen molar-refractivity contribution in [1.29, 1.82) is 0 Å². The molecule has 1 N–H and O–H groups in total. The number of carbonyl (C=O) groups excluding carboxylic acids is 1. The number of hydrogen-bond acceptors (Lipinski definition) is 3. The molecule has 5 heteroatoms. The van der Waals surface area contributed by atoms with Crippen LogP contribution in [0.3, 0.4) is 0 Å². The van der Waals surface area contributed by atoms with Crippen LogP contribution in [0, 0.1) is 17.8 Å². The van der Waals surface area contributed by atoms with Gasteiger partial charge < -0.3 is 10.1 Å². The molecule has 1 aromatic rings. The third-order valence-electron chi connectivity index (χ3n) is 5.59. The number of fused-ring (bicyclic) bond motifs is 1. The number of halogens is 1. The number of amides is 1. The van der Waals surface area contributed by atoms with Gasteiger partial charge in [0.15, 0.2) is 0 Å². The smallest absolute Gasteiger partial charge is 0.224 e. The highest BCUT2D eigenvalue weighted by Gasteiger charge is 2.59. The Morgan fingerprint density at radius 1 is 1.26 bits per heavy atom. The maximum Gasteiger partial charge on any atom is 0.224 e. The second-order valence-corrected chi connectivity index (χ2v) is 7.44. The van der Waals surface area contributed by atoms with E-state index in [0.717, 1.165) is 44.7 Å². The highest BCUT2D eigenvalue weighted by Crippen LogP contribution is 2.52. The van der Waals surface area contributed by atoms with E-state index < -0.39 is 0 Å². The molecule has 0 radical (unpaired) electrons. The SMILES string of the molecule is O=C(NCc1cccc(Cl)c1)C1C2CN(C3CCOCC3)CC21. The van der Waals surface area contributed by atoms with Crippen molar-refractivity contribution in [2.45, 2.75) is 25.4 Å². The Morgan fingerprint density at radius 2 is 2.00 bits per heavy atom. The number of carbonyl (C=O) groups is 1. The fourth-order valence-electron chi connectivity index (χ4n) is 4.25. The Morgan fingerprint density at radius 3 is 2.70 bits per heavy atom. The van der Waals surface area contributed by atoms with Crippen molar-refractivity contribution in [3.63, 3.8) is 0 Å². The molecule has 2 atom stereocenters. The molecule has 2 heterocycles. The predicted octanol–water partition coefficient (Wildman–Crippen LogP) is 2.31. The third-order valence-corrected chi connectivity index (χ3v) is 5.82. The van der Waals surface area contributed by atoms with Crippen LogP contribution in [0.1, 0.15) is 18.4 Å². The minimum Gasteiger partial charge on any atom is -0.381 e. The number of nitrogens with one attached hydrogen (secondary N) is 1. The van der Waals surface area contributed by atoms with Gasteiger partial charge in [-0.3, -0.25) is 9.69 Å². The fourth-order valence-corrected chi connectivity index (χ4v) is 4.46. The Labute approximate surface area is 142 Å². The fraction of sp³-hybridized carbons (Fsp3) is 0.611. The Kier molecular flexibility index (Phi) is 4.31. The highest BCUT2D eigenvalue weighted by molar-refractivity contribution is 6.30. The average Bonchev–Trinajstić information content (AvgIpc) is 3.07. The Hall–Kier alpha value is -1.10. The monoisotopic (exact) mass is 334 g/mol. The number of piperidine rings is 1. The van der Waals surface area contributed by atoms with E-state index in [9.17, 15) is 4.79 Å². The van der Waals surface area contributed by atoms with E-state index in [-0.39, 0.29) is 11.8 Å². The van der Waals surface area contributed by atoms with E-state index in [4.69, 9.17) is 16.3 Å². The molecular weight excluding hydrogens is 312 g/mol. The summed E-state index contributed by atoms with van der Waals surface area (Å²) in [6.07, 6.45) is 2.29. The van der Waals surface area contributed by atoms with Crippen molar-refractivity contribution in [1.82, 2.24) is 10.2 Å². The van der Waals surface area contributed by atoms with Gasteiger partial charge in [0.25, 0.3) is 0 Å². The molecule has 4 nitrogen and oxygen atoms in total. The largest absolute Gasteiger partial charge is 0.381 e. The molecule has 2 aliphatic heterocycles. The zero-order chi connectivity index (χ0) is 15.8. The summed E-state index contributed by atoms with van der Waals surface area (Å²) in [5.74, 6) is 1.58. The molecule has 2 saturated heterocycles. The van der Waals surface area contributed by atoms with Crippen molar-refractivity contribution in [2.75, 3.05) is 26.3 Å². The maximum atomic E-state index is 12.4. The predicted molar refractivity (Wildman–Crippen MR) is 89.2 cm³/mol. The minimum atomic E-state index is 0.214. The molecule has 0 spiro atoms. The van der Waals surface area contributed by atoms with Gasteiger partial charge in [-0.25, -0.2) is 0 Å². The van der Waals surface area contributed by atoms with Crippen LogP contribution in [0.5, 0.6) is 0 Å². The first kappa shape index (κ1) is 15.4. The molecule has 3 aliphatic rings. The Balaban J connectivity index is 1.25. The van der Waals surface area contributed by atoms with Crippen LogP contribution in [0.4, 0.5) is 0 Å². The maximum absolute atomic E-state index is 12.4. The van der Waals surface area contributed by atoms with Crippen molar-refractivity contribution < 1.29 is 9.53 Å². The first-order valence-electron chi connectivity index (χ1n) is 8.56. The van der Waals surface area contributed by atoms with E-state index in [1.807, 2.05) is 24.3 Å². The molecule has 3 fully saturated rings. The van der Waals surface area contributed by atoms with Crippen molar-refractivity contribution in [3.8, 4) is 0 Å². The number of benzene rings is 1. The van der Waals surface area contributed by atoms with Gasteiger partial charge in [0.05, 0.1) is 0 Å². The average molecular weight is 335 g/mol. The first-order chi connectivity index (χ1) is 11.2. The summed E-state index contributed by atoms with van der Waals surface area (Å²) < 4.78 is 5.44. The topological polar surface area (TPSA) is 41.6 Å². The van der Waals surface area contributed by atoms with Gasteiger partial charge in [-0.1, -0.05) is 23.7 Å². The lowest BCUT2D eigenvalue weighted by Gasteiger charge is -2.32. The lowest BCUT2D eigenvalue weighted by atomic mass is 10.1. The van der Waals surface area contributed by atoms with Gasteiger partial charge >= 0.3 is 0 Å². The van der Waals surface area contributed by atoms with Crippen LogP contribution in [0.2, 0.25) is 5.02 Å². The van der Waals surface area contributed by atoms with E-state index in [1.54, 1.807) is 0 Å². The molecule has 0 aromatic heterocycles. The number of likely N-dealkylation sites (tertiary alicyclic amines) is 1. The summed E-state index contributed by atoms with van der Waals surface area (Å²) in [5.41, 5.74) is 1.06. The van der Waals surface area contributed by atoms with E-state index >= 15 is 0 Å². The number of hydrogen-bond donors (Lipinski definition) is 1. The molecule has 1 aromatic carbocycles. The minimum absolute atomic E-state index is 0.214. The molecule has 1 saturated carbocycles. The molecule has 1 amide bonds. The third kappa shape index (κ3) is 3.25. The second kappa shape index (κ2) is 6.42. The van der Waals surface area contributed by atoms with Gasteiger partial charge in [-0.15, -0.1) is 0 Å². The zero-order valence-electron chi connectivity index (χ0n) is 13.2. The summed E-state index contributed by atoms with van der Waals surface area (Å²) in [6, 6.07) is 8.34. The van der Waals surface area contributed by atoms with E-state index in [1.165, 1.54) is 0 Å². The molecule has 4 rings (SSSR count). The van der Waals surface area contributed by atoms with Crippen molar-refractivity contribution in [2.24, 2.45) is 17.8 Å². The quantitative estimate of drug-likeness (QED) is 0.918. The van der Waals surface area contributed by atoms with Crippen molar-refractivity contribution in [3.05, 3.63) is 34.9 Å². The van der Waals surface area contributed by atoms with Crippen LogP contribution in [-0.4, -0.2) is 43.2 Å². The van der Waals surface area contributed by atoms with Gasteiger partial charge in [-0.2, -0.15) is 0 Å². The lowest BCUT2D eigenvalue weighted by Crippen LogP contribution is -2.40. The summed E-state index contributed by atoms with van der Waals surface area (Å²) in [6.45, 7) is 4.52. The van der Waals surface area contributed by atoms with Crippen LogP contribution < -0.4 is 5.32 Å². The number of rotatable bonds is 4. The van der Waals surface area contributed by atoms with E-state index in [0.29, 0.717) is 29.4 Å². The zero-order valence-corrected chi connectivity index (χ0v) is 14.0. The van der Waals surface area contributed by atoms with Gasteiger partial charge in [0.2, 0.25) is 5.91 Å². The molecular formula is C18H23ClN2O2. The Bertz CT molecular complexity index is 576. The van der Waals surface area contributed by atoms with Crippen LogP contribution in [-0.2, 0) is 16.1 Å². The summed E-state index contributed by atoms with van der Waals surface area (Å²) >= 11 is 5.98. The van der Waals surface area contributed by atoms with Crippen LogP contribution in [0.15, 0.2) is 24.3 Å². The molecule has 0 bridgehead atoms. The summed E-state index contributed by atoms with van der Waals surface area (Å²) in [5, 5.41) is 3.79. The molecule has 23 heavy (non-hydrogen) atoms. The summed E-state index contributed by atoms with van der Waals surface area (Å²) in [4.78, 5) is 15.0. The normalized spacial score (nSPS) is 30.9. The van der Waals surface area contributed by atoms with Gasteiger partial charge in [-0.05, 0) is 42.4 Å². The first-order valence-corrected chi connectivity index (χ1v) is 8.94. The standard InChI is InChI=1S/C18H23ClN2O2/c19-13-3-1-2-12(8-13)9-20-18(22)17-15-10-21(11-16(15)17)14-4-6-23-7-5-14/h1-3,8,14-17H,4-7,9-11H2,(H,20,22). The lowest BCUT2D eigenvalue weighted by molar-refractivity contribution is -0.123. The molecule has 1 aliphatic carbocycles. The van der Waals surface area contributed by atoms with Crippen LogP contribution >= 0.6 is 11.6 Å². The molecule has 124 valence electrons. The van der Waals surface area contributed by atoms with Crippen LogP contribution in [0.25, 0.3) is 0 Å². The number of nitrogens with zero attached hydrogens (tertiary/aromatic N) is 1. The highest BCUT2D eigenvalue weighted by atomic mass is 35.5. The molecule has 2 unspecified atom stereocenters.